The molecule has 0 fully saturated rings. The number of methoxy groups -OCH3 is 1. The van der Waals surface area contributed by atoms with Crippen LogP contribution < -0.4 is 9.47 Å². The number of amides is 1. The van der Waals surface area contributed by atoms with Crippen LogP contribution in [0.1, 0.15) is 40.1 Å². The second-order valence-electron chi connectivity index (χ2n) is 8.21. The first-order valence-electron chi connectivity index (χ1n) is 11.2. The zero-order chi connectivity index (χ0) is 24.5. The molecule has 35 heavy (non-hydrogen) atoms. The molecule has 1 amide bonds. The van der Waals surface area contributed by atoms with E-state index in [-0.39, 0.29) is 11.7 Å². The van der Waals surface area contributed by atoms with Crippen molar-refractivity contribution in [2.45, 2.75) is 19.5 Å². The molecule has 0 bridgehead atoms. The number of benzene rings is 3. The lowest BCUT2D eigenvalue weighted by Gasteiger charge is -2.27. The summed E-state index contributed by atoms with van der Waals surface area (Å²) >= 11 is 6.22. The zero-order valence-corrected chi connectivity index (χ0v) is 20.0. The number of halogens is 1. The van der Waals surface area contributed by atoms with Crippen LogP contribution >= 0.6 is 11.6 Å². The Morgan fingerprint density at radius 1 is 1.06 bits per heavy atom. The summed E-state index contributed by atoms with van der Waals surface area (Å²) in [6, 6.07) is 19.7. The Labute approximate surface area is 207 Å². The SMILES string of the molecule is CCOc1ccc(C2c3c(-c4cc(Cl)ccc4O)n[nH]c3C(=O)N2Cc2ccc(OC)cc2)cc1. The van der Waals surface area contributed by atoms with Gasteiger partial charge in [0.05, 0.1) is 19.8 Å². The molecule has 0 radical (unpaired) electrons. The van der Waals surface area contributed by atoms with Gasteiger partial charge in [0.1, 0.15) is 28.6 Å². The van der Waals surface area contributed by atoms with Crippen molar-refractivity contribution < 1.29 is 19.4 Å². The Bertz CT molecular complexity index is 1370. The van der Waals surface area contributed by atoms with Crippen molar-refractivity contribution in [3.05, 3.63) is 94.1 Å². The topological polar surface area (TPSA) is 87.7 Å². The van der Waals surface area contributed by atoms with E-state index in [2.05, 4.69) is 10.2 Å². The van der Waals surface area contributed by atoms with Gasteiger partial charge < -0.3 is 19.5 Å². The van der Waals surface area contributed by atoms with Crippen molar-refractivity contribution in [1.82, 2.24) is 15.1 Å². The number of aromatic amines is 1. The number of H-pyrrole nitrogens is 1. The van der Waals surface area contributed by atoms with E-state index in [1.54, 1.807) is 24.1 Å². The minimum atomic E-state index is -0.428. The summed E-state index contributed by atoms with van der Waals surface area (Å²) in [5.74, 6) is 1.37. The molecule has 4 aromatic rings. The quantitative estimate of drug-likeness (QED) is 0.353. The predicted molar refractivity (Wildman–Crippen MR) is 133 cm³/mol. The Kier molecular flexibility index (Phi) is 6.09. The van der Waals surface area contributed by atoms with Gasteiger partial charge in [0, 0.05) is 22.7 Å². The monoisotopic (exact) mass is 489 g/mol. The summed E-state index contributed by atoms with van der Waals surface area (Å²) in [4.78, 5) is 15.4. The molecule has 1 atom stereocenters. The number of phenols is 1. The molecule has 1 unspecified atom stereocenters. The summed E-state index contributed by atoms with van der Waals surface area (Å²) in [6.07, 6.45) is 0. The Hall–Kier alpha value is -3.97. The van der Waals surface area contributed by atoms with Gasteiger partial charge in [-0.2, -0.15) is 5.10 Å². The molecule has 0 saturated carbocycles. The zero-order valence-electron chi connectivity index (χ0n) is 19.3. The molecule has 1 aliphatic rings. The molecule has 5 rings (SSSR count). The van der Waals surface area contributed by atoms with Gasteiger partial charge in [-0.1, -0.05) is 35.9 Å². The molecule has 3 aromatic carbocycles. The van der Waals surface area contributed by atoms with E-state index in [4.69, 9.17) is 21.1 Å². The van der Waals surface area contributed by atoms with Gasteiger partial charge in [0.15, 0.2) is 0 Å². The molecule has 178 valence electrons. The van der Waals surface area contributed by atoms with Gasteiger partial charge >= 0.3 is 0 Å². The largest absolute Gasteiger partial charge is 0.507 e. The van der Waals surface area contributed by atoms with E-state index in [9.17, 15) is 9.90 Å². The number of carbonyl (C=O) groups is 1. The van der Waals surface area contributed by atoms with Crippen LogP contribution in [-0.4, -0.2) is 39.8 Å². The van der Waals surface area contributed by atoms with Crippen LogP contribution in [-0.2, 0) is 6.54 Å². The number of phenolic OH excluding ortho intramolecular Hbond substituents is 1. The fourth-order valence-corrected chi connectivity index (χ4v) is 4.62. The Morgan fingerprint density at radius 2 is 1.77 bits per heavy atom. The highest BCUT2D eigenvalue weighted by Crippen LogP contribution is 2.45. The molecule has 2 N–H and O–H groups in total. The van der Waals surface area contributed by atoms with E-state index in [0.29, 0.717) is 40.7 Å². The first-order chi connectivity index (χ1) is 17.0. The molecule has 2 heterocycles. The summed E-state index contributed by atoms with van der Waals surface area (Å²) in [5.41, 5.74) is 3.91. The van der Waals surface area contributed by atoms with E-state index in [1.165, 1.54) is 6.07 Å². The van der Waals surface area contributed by atoms with E-state index in [1.807, 2.05) is 55.5 Å². The standard InChI is InChI=1S/C27H24ClN3O4/c1-3-35-20-11-6-17(7-12-20)26-23-24(21-14-18(28)8-13-22(21)32)29-30-25(23)27(33)31(26)15-16-4-9-19(34-2)10-5-16/h4-14,26,32H,3,15H2,1-2H3,(H,29,30). The minimum absolute atomic E-state index is 0.0372. The molecule has 0 aliphatic carbocycles. The maximum absolute atomic E-state index is 13.6. The third-order valence-corrected chi connectivity index (χ3v) is 6.33. The maximum atomic E-state index is 13.6. The lowest BCUT2D eigenvalue weighted by Crippen LogP contribution is -2.29. The van der Waals surface area contributed by atoms with Crippen LogP contribution in [0, 0.1) is 0 Å². The third kappa shape index (κ3) is 4.19. The van der Waals surface area contributed by atoms with Crippen molar-refractivity contribution in [3.63, 3.8) is 0 Å². The number of aromatic hydroxyl groups is 1. The number of nitrogens with one attached hydrogen (secondary N) is 1. The Morgan fingerprint density at radius 3 is 2.46 bits per heavy atom. The molecule has 7 nitrogen and oxygen atoms in total. The number of fused-ring (bicyclic) bond motifs is 1. The second kappa shape index (κ2) is 9.35. The lowest BCUT2D eigenvalue weighted by atomic mass is 9.95. The van der Waals surface area contributed by atoms with Crippen LogP contribution in [0.3, 0.4) is 0 Å². The number of ether oxygens (including phenoxy) is 2. The molecule has 8 heteroatoms. The van der Waals surface area contributed by atoms with Gasteiger partial charge in [-0.05, 0) is 60.5 Å². The molecule has 0 spiro atoms. The summed E-state index contributed by atoms with van der Waals surface area (Å²) in [5, 5.41) is 18.4. The van der Waals surface area contributed by atoms with Crippen molar-refractivity contribution in [2.75, 3.05) is 13.7 Å². The molecule has 1 aliphatic heterocycles. The fraction of sp³-hybridized carbons (Fsp3) is 0.185. The predicted octanol–water partition coefficient (Wildman–Crippen LogP) is 5.59. The van der Waals surface area contributed by atoms with Gasteiger partial charge in [-0.25, -0.2) is 0 Å². The average Bonchev–Trinajstić information content (AvgIpc) is 3.41. The van der Waals surface area contributed by atoms with Gasteiger partial charge in [0.25, 0.3) is 5.91 Å². The van der Waals surface area contributed by atoms with Crippen LogP contribution in [0.15, 0.2) is 66.7 Å². The smallest absolute Gasteiger partial charge is 0.273 e. The van der Waals surface area contributed by atoms with Gasteiger partial charge in [-0.3, -0.25) is 9.89 Å². The highest BCUT2D eigenvalue weighted by atomic mass is 35.5. The molecular formula is C27H24ClN3O4. The van der Waals surface area contributed by atoms with Crippen molar-refractivity contribution in [3.8, 4) is 28.5 Å². The van der Waals surface area contributed by atoms with E-state index < -0.39 is 6.04 Å². The fourth-order valence-electron chi connectivity index (χ4n) is 4.45. The number of hydrogen-bond donors (Lipinski definition) is 2. The van der Waals surface area contributed by atoms with Crippen molar-refractivity contribution in [2.24, 2.45) is 0 Å². The average molecular weight is 490 g/mol. The van der Waals surface area contributed by atoms with Crippen LogP contribution in [0.25, 0.3) is 11.3 Å². The second-order valence-corrected chi connectivity index (χ2v) is 8.64. The highest BCUT2D eigenvalue weighted by molar-refractivity contribution is 6.31. The van der Waals surface area contributed by atoms with Crippen molar-refractivity contribution >= 4 is 17.5 Å². The van der Waals surface area contributed by atoms with Gasteiger partial charge in [-0.15, -0.1) is 0 Å². The molecule has 0 saturated heterocycles. The van der Waals surface area contributed by atoms with Crippen LogP contribution in [0.2, 0.25) is 5.02 Å². The third-order valence-electron chi connectivity index (χ3n) is 6.10. The summed E-state index contributed by atoms with van der Waals surface area (Å²) in [6.45, 7) is 2.88. The summed E-state index contributed by atoms with van der Waals surface area (Å²) in [7, 11) is 1.62. The first-order valence-corrected chi connectivity index (χ1v) is 11.6. The van der Waals surface area contributed by atoms with Crippen molar-refractivity contribution in [1.29, 1.82) is 0 Å². The lowest BCUT2D eigenvalue weighted by molar-refractivity contribution is 0.0730. The van der Waals surface area contributed by atoms with E-state index in [0.717, 1.165) is 22.6 Å². The Balaban J connectivity index is 1.62. The minimum Gasteiger partial charge on any atom is -0.507 e. The number of nitrogens with zero attached hydrogens (tertiary/aromatic N) is 2. The maximum Gasteiger partial charge on any atom is 0.273 e. The normalized spacial score (nSPS) is 14.8. The molecule has 1 aromatic heterocycles. The number of hydrogen-bond acceptors (Lipinski definition) is 5. The number of rotatable bonds is 7. The first kappa shape index (κ1) is 22.8. The van der Waals surface area contributed by atoms with Crippen LogP contribution in [0.4, 0.5) is 0 Å². The summed E-state index contributed by atoms with van der Waals surface area (Å²) < 4.78 is 10.9. The highest BCUT2D eigenvalue weighted by Gasteiger charge is 2.42. The van der Waals surface area contributed by atoms with Crippen LogP contribution in [0.5, 0.6) is 17.2 Å². The van der Waals surface area contributed by atoms with Gasteiger partial charge in [0.2, 0.25) is 0 Å². The molecular weight excluding hydrogens is 466 g/mol. The van der Waals surface area contributed by atoms with E-state index >= 15 is 0 Å². The number of carbonyl (C=O) groups excluding carboxylic acids is 1. The number of aromatic nitrogens is 2.